The second kappa shape index (κ2) is 5.90. The van der Waals surface area contributed by atoms with Crippen LogP contribution in [0.3, 0.4) is 0 Å². The van der Waals surface area contributed by atoms with Crippen molar-refractivity contribution in [3.8, 4) is 0 Å². The summed E-state index contributed by atoms with van der Waals surface area (Å²) in [5.74, 6) is -0.0592. The van der Waals surface area contributed by atoms with E-state index >= 15 is 0 Å². The van der Waals surface area contributed by atoms with E-state index in [0.29, 0.717) is 17.1 Å². The van der Waals surface area contributed by atoms with Gasteiger partial charge in [0, 0.05) is 37.2 Å². The molecule has 2 N–H and O–H groups in total. The number of para-hydroxylation sites is 1. The van der Waals surface area contributed by atoms with Gasteiger partial charge in [-0.15, -0.1) is 0 Å². The summed E-state index contributed by atoms with van der Waals surface area (Å²) < 4.78 is 0. The van der Waals surface area contributed by atoms with Crippen molar-refractivity contribution in [3.63, 3.8) is 0 Å². The van der Waals surface area contributed by atoms with Crippen molar-refractivity contribution in [1.82, 2.24) is 9.97 Å². The fourth-order valence-corrected chi connectivity index (χ4v) is 2.39. The van der Waals surface area contributed by atoms with Crippen LogP contribution in [-0.4, -0.2) is 21.0 Å². The fraction of sp³-hybridized carbons (Fsp3) is 0.0667. The van der Waals surface area contributed by atoms with Gasteiger partial charge in [-0.1, -0.05) is 18.2 Å². The number of thiocarbonyl (C=S) groups is 1. The molecular weight excluding hydrogens is 284 g/mol. The molecule has 104 valence electrons. The monoisotopic (exact) mass is 297 g/mol. The second-order valence-corrected chi connectivity index (χ2v) is 5.05. The van der Waals surface area contributed by atoms with Crippen LogP contribution >= 0.6 is 12.2 Å². The van der Waals surface area contributed by atoms with Gasteiger partial charge in [-0.2, -0.15) is 0 Å². The molecule has 3 rings (SSSR count). The summed E-state index contributed by atoms with van der Waals surface area (Å²) in [4.78, 5) is 21.9. The van der Waals surface area contributed by atoms with Gasteiger partial charge >= 0.3 is 5.91 Å². The third kappa shape index (κ3) is 3.01. The van der Waals surface area contributed by atoms with Crippen molar-refractivity contribution in [2.75, 3.05) is 4.90 Å². The molecule has 5 nitrogen and oxygen atoms in total. The molecule has 0 fully saturated rings. The lowest BCUT2D eigenvalue weighted by atomic mass is 10.1. The number of carbonyl (C=O) groups is 1. The van der Waals surface area contributed by atoms with Crippen LogP contribution in [0.15, 0.2) is 60.8 Å². The molecule has 1 aromatic heterocycles. The third-order valence-electron chi connectivity index (χ3n) is 3.14. The van der Waals surface area contributed by atoms with Crippen molar-refractivity contribution in [1.29, 1.82) is 0 Å². The van der Waals surface area contributed by atoms with Crippen LogP contribution in [0.25, 0.3) is 0 Å². The van der Waals surface area contributed by atoms with Gasteiger partial charge in [-0.05, 0) is 17.7 Å². The highest BCUT2D eigenvalue weighted by Gasteiger charge is 2.28. The Balaban J connectivity index is 1.91. The molecular formula is C15H13N4OS+. The maximum Gasteiger partial charge on any atom is 0.347 e. The molecule has 1 aromatic carbocycles. The molecule has 0 saturated carbocycles. The molecule has 0 radical (unpaired) electrons. The first-order valence-electron chi connectivity index (χ1n) is 6.46. The van der Waals surface area contributed by atoms with Crippen molar-refractivity contribution in [3.05, 3.63) is 66.4 Å². The highest BCUT2D eigenvalue weighted by molar-refractivity contribution is 7.80. The van der Waals surface area contributed by atoms with E-state index in [1.807, 2.05) is 35.2 Å². The summed E-state index contributed by atoms with van der Waals surface area (Å²) in [6, 6.07) is 9.72. The molecule has 0 aliphatic carbocycles. The van der Waals surface area contributed by atoms with Gasteiger partial charge in [0.25, 0.3) is 5.11 Å². The largest absolute Gasteiger partial charge is 0.347 e. The SMILES string of the molecule is O=C1[NH2+]C(=S)N(c2ccccc2)C=C1Cc1cncnc1. The maximum atomic E-state index is 12.1. The average Bonchev–Trinajstić information content (AvgIpc) is 2.52. The Labute approximate surface area is 127 Å². The number of aromatic nitrogens is 2. The summed E-state index contributed by atoms with van der Waals surface area (Å²) in [5.41, 5.74) is 2.50. The number of nitrogens with two attached hydrogens (primary N) is 1. The lowest BCUT2D eigenvalue weighted by Gasteiger charge is -2.23. The number of benzene rings is 1. The number of hydrogen-bond acceptors (Lipinski definition) is 4. The van der Waals surface area contributed by atoms with Crippen LogP contribution < -0.4 is 10.2 Å². The Morgan fingerprint density at radius 3 is 2.57 bits per heavy atom. The van der Waals surface area contributed by atoms with Gasteiger partial charge in [-0.25, -0.2) is 20.1 Å². The average molecular weight is 297 g/mol. The van der Waals surface area contributed by atoms with Gasteiger partial charge in [0.15, 0.2) is 0 Å². The number of nitrogens with zero attached hydrogens (tertiary/aromatic N) is 3. The number of anilines is 1. The van der Waals surface area contributed by atoms with E-state index in [2.05, 4.69) is 9.97 Å². The number of hydrogen-bond donors (Lipinski definition) is 1. The lowest BCUT2D eigenvalue weighted by Crippen LogP contribution is -2.95. The van der Waals surface area contributed by atoms with Crippen LogP contribution in [0.4, 0.5) is 5.69 Å². The van der Waals surface area contributed by atoms with Crippen LogP contribution in [0.5, 0.6) is 0 Å². The number of primary amides is 1. The standard InChI is InChI=1S/C15H12N4OS/c20-14-12(6-11-7-16-10-17-8-11)9-19(15(21)18-14)13-4-2-1-3-5-13/h1-5,7-10H,6H2,(H,18,20,21)/p+1. The van der Waals surface area contributed by atoms with Crippen LogP contribution in [-0.2, 0) is 11.2 Å². The topological polar surface area (TPSA) is 62.7 Å². The number of rotatable bonds is 3. The lowest BCUT2D eigenvalue weighted by molar-refractivity contribution is -0.447. The molecule has 1 aliphatic rings. The molecule has 21 heavy (non-hydrogen) atoms. The minimum Gasteiger partial charge on any atom is -0.262 e. The molecule has 6 heteroatoms. The molecule has 0 atom stereocenters. The summed E-state index contributed by atoms with van der Waals surface area (Å²) >= 11 is 5.28. The zero-order chi connectivity index (χ0) is 14.7. The zero-order valence-electron chi connectivity index (χ0n) is 11.1. The minimum absolute atomic E-state index is 0.0592. The van der Waals surface area contributed by atoms with Crippen molar-refractivity contribution in [2.24, 2.45) is 0 Å². The molecule has 2 heterocycles. The van der Waals surface area contributed by atoms with E-state index in [-0.39, 0.29) is 5.91 Å². The first-order chi connectivity index (χ1) is 10.2. The summed E-state index contributed by atoms with van der Waals surface area (Å²) in [5, 5.41) is 1.99. The Bertz CT molecular complexity index is 700. The van der Waals surface area contributed by atoms with Gasteiger partial charge < -0.3 is 0 Å². The Morgan fingerprint density at radius 1 is 1.14 bits per heavy atom. The van der Waals surface area contributed by atoms with E-state index in [1.165, 1.54) is 11.6 Å². The molecule has 0 spiro atoms. The molecule has 0 unspecified atom stereocenters. The summed E-state index contributed by atoms with van der Waals surface area (Å²) in [6.45, 7) is 0. The molecule has 1 amide bonds. The number of quaternary nitrogens is 1. The maximum absolute atomic E-state index is 12.1. The van der Waals surface area contributed by atoms with E-state index < -0.39 is 0 Å². The third-order valence-corrected chi connectivity index (χ3v) is 3.45. The smallest absolute Gasteiger partial charge is 0.262 e. The Hall–Kier alpha value is -2.44. The Kier molecular flexibility index (Phi) is 3.81. The van der Waals surface area contributed by atoms with Gasteiger partial charge in [0.05, 0.1) is 11.3 Å². The highest BCUT2D eigenvalue weighted by atomic mass is 32.1. The van der Waals surface area contributed by atoms with Crippen LogP contribution in [0, 0.1) is 0 Å². The summed E-state index contributed by atoms with van der Waals surface area (Å²) in [6.07, 6.45) is 7.18. The fourth-order valence-electron chi connectivity index (χ4n) is 2.12. The number of carbonyl (C=O) groups excluding carboxylic acids is 1. The molecule has 2 aromatic rings. The zero-order valence-corrected chi connectivity index (χ0v) is 12.0. The first kappa shape index (κ1) is 13.5. The number of amides is 1. The summed E-state index contributed by atoms with van der Waals surface area (Å²) in [7, 11) is 0. The minimum atomic E-state index is -0.0592. The van der Waals surface area contributed by atoms with Crippen molar-refractivity contribution < 1.29 is 10.1 Å². The van der Waals surface area contributed by atoms with Crippen molar-refractivity contribution in [2.45, 2.75) is 6.42 Å². The van der Waals surface area contributed by atoms with Crippen LogP contribution in [0.1, 0.15) is 5.56 Å². The first-order valence-corrected chi connectivity index (χ1v) is 6.87. The molecule has 0 saturated heterocycles. The van der Waals surface area contributed by atoms with E-state index in [9.17, 15) is 4.79 Å². The quantitative estimate of drug-likeness (QED) is 0.849. The van der Waals surface area contributed by atoms with Gasteiger partial charge in [-0.3, -0.25) is 4.90 Å². The normalized spacial score (nSPS) is 15.0. The van der Waals surface area contributed by atoms with Gasteiger partial charge in [0.1, 0.15) is 6.33 Å². The van der Waals surface area contributed by atoms with E-state index in [4.69, 9.17) is 12.2 Å². The Morgan fingerprint density at radius 2 is 1.86 bits per heavy atom. The van der Waals surface area contributed by atoms with E-state index in [0.717, 1.165) is 11.3 Å². The molecule has 0 bridgehead atoms. The van der Waals surface area contributed by atoms with E-state index in [1.54, 1.807) is 18.6 Å². The van der Waals surface area contributed by atoms with Gasteiger partial charge in [0.2, 0.25) is 0 Å². The molecule has 1 aliphatic heterocycles. The predicted molar refractivity (Wildman–Crippen MR) is 82.3 cm³/mol. The van der Waals surface area contributed by atoms with Crippen molar-refractivity contribution >= 4 is 28.9 Å². The highest BCUT2D eigenvalue weighted by Crippen LogP contribution is 2.17. The van der Waals surface area contributed by atoms with Crippen LogP contribution in [0.2, 0.25) is 0 Å². The second-order valence-electron chi connectivity index (χ2n) is 4.63. The predicted octanol–water partition coefficient (Wildman–Crippen LogP) is 0.798.